The van der Waals surface area contributed by atoms with Crippen LogP contribution in [-0.4, -0.2) is 44.9 Å². The van der Waals surface area contributed by atoms with Gasteiger partial charge in [0.25, 0.3) is 0 Å². The Hall–Kier alpha value is -1.85. The van der Waals surface area contributed by atoms with Crippen molar-refractivity contribution in [2.45, 2.75) is 13.0 Å². The summed E-state index contributed by atoms with van der Waals surface area (Å²) in [6.45, 7) is 6.20. The first-order valence-corrected chi connectivity index (χ1v) is 7.33. The van der Waals surface area contributed by atoms with Gasteiger partial charge in [-0.05, 0) is 19.1 Å². The minimum absolute atomic E-state index is 0.140. The average Bonchev–Trinajstić information content (AvgIpc) is 2.92. The maximum Gasteiger partial charge on any atom is 0.374 e. The fourth-order valence-corrected chi connectivity index (χ4v) is 2.64. The van der Waals surface area contributed by atoms with E-state index in [1.54, 1.807) is 6.07 Å². The van der Waals surface area contributed by atoms with Crippen LogP contribution in [0.2, 0.25) is 0 Å². The van der Waals surface area contributed by atoms with Crippen molar-refractivity contribution in [2.75, 3.05) is 32.8 Å². The van der Waals surface area contributed by atoms with Gasteiger partial charge in [0, 0.05) is 5.39 Å². The topological polar surface area (TPSA) is 53.1 Å². The van der Waals surface area contributed by atoms with Gasteiger partial charge in [-0.1, -0.05) is 18.2 Å². The summed E-state index contributed by atoms with van der Waals surface area (Å²) in [5, 5.41) is 0.913. The number of hydrogen-bond acceptors (Lipinski definition) is 4. The molecule has 1 aliphatic heterocycles. The van der Waals surface area contributed by atoms with Crippen LogP contribution < -0.4 is 4.90 Å². The van der Waals surface area contributed by atoms with Crippen LogP contribution in [-0.2, 0) is 9.47 Å². The number of furan rings is 1. The average molecular weight is 290 g/mol. The Kier molecular flexibility index (Phi) is 4.22. The summed E-state index contributed by atoms with van der Waals surface area (Å²) >= 11 is 0. The Bertz CT molecular complexity index is 583. The quantitative estimate of drug-likeness (QED) is 0.850. The third kappa shape index (κ3) is 3.43. The molecule has 0 amide bonds. The molecule has 0 spiro atoms. The van der Waals surface area contributed by atoms with Crippen LogP contribution in [0.15, 0.2) is 34.7 Å². The number of carbonyl (C=O) groups is 1. The van der Waals surface area contributed by atoms with Crippen LogP contribution in [0.4, 0.5) is 0 Å². The second-order valence-corrected chi connectivity index (χ2v) is 5.43. The summed E-state index contributed by atoms with van der Waals surface area (Å²) in [7, 11) is 0. The highest BCUT2D eigenvalue weighted by molar-refractivity contribution is 5.92. The zero-order valence-electron chi connectivity index (χ0n) is 12.1. The summed E-state index contributed by atoms with van der Waals surface area (Å²) < 4.78 is 16.3. The van der Waals surface area contributed by atoms with E-state index in [0.29, 0.717) is 5.58 Å². The Morgan fingerprint density at radius 2 is 2.10 bits per heavy atom. The Morgan fingerprint density at radius 1 is 1.33 bits per heavy atom. The smallest absolute Gasteiger partial charge is 0.374 e. The molecule has 5 heteroatoms. The van der Waals surface area contributed by atoms with Crippen LogP contribution in [0.25, 0.3) is 11.0 Å². The molecule has 1 fully saturated rings. The van der Waals surface area contributed by atoms with Crippen molar-refractivity contribution in [1.82, 2.24) is 0 Å². The van der Waals surface area contributed by atoms with Gasteiger partial charge in [0.05, 0.1) is 13.2 Å². The van der Waals surface area contributed by atoms with Gasteiger partial charge in [-0.3, -0.25) is 0 Å². The summed E-state index contributed by atoms with van der Waals surface area (Å²) in [6.07, 6.45) is -0.140. The van der Waals surface area contributed by atoms with Crippen LogP contribution in [0.3, 0.4) is 0 Å². The number of rotatable bonds is 4. The number of nitrogens with one attached hydrogen (secondary N) is 1. The lowest BCUT2D eigenvalue weighted by Crippen LogP contribution is -3.15. The lowest BCUT2D eigenvalue weighted by atomic mass is 10.2. The molecule has 1 N–H and O–H groups in total. The van der Waals surface area contributed by atoms with E-state index in [4.69, 9.17) is 13.9 Å². The first-order valence-electron chi connectivity index (χ1n) is 7.33. The lowest BCUT2D eigenvalue weighted by molar-refractivity contribution is -0.910. The maximum atomic E-state index is 12.1. The van der Waals surface area contributed by atoms with Gasteiger partial charge < -0.3 is 18.8 Å². The second kappa shape index (κ2) is 6.28. The molecule has 21 heavy (non-hydrogen) atoms. The van der Waals surface area contributed by atoms with Crippen molar-refractivity contribution in [1.29, 1.82) is 0 Å². The highest BCUT2D eigenvalue weighted by atomic mass is 16.6. The van der Waals surface area contributed by atoms with Crippen molar-refractivity contribution in [3.8, 4) is 0 Å². The summed E-state index contributed by atoms with van der Waals surface area (Å²) in [5.74, 6) is -0.133. The first-order chi connectivity index (χ1) is 10.2. The van der Waals surface area contributed by atoms with Gasteiger partial charge in [-0.2, -0.15) is 0 Å². The van der Waals surface area contributed by atoms with Gasteiger partial charge in [-0.25, -0.2) is 4.79 Å². The van der Waals surface area contributed by atoms with Crippen molar-refractivity contribution in [2.24, 2.45) is 0 Å². The standard InChI is InChI=1S/C16H19NO4/c1-12(11-17-6-8-19-9-7-17)20-16(18)15-10-13-4-2-3-5-14(13)21-15/h2-5,10,12H,6-9,11H2,1H3/p+1/t12-/m0/s1. The minimum atomic E-state index is -0.397. The van der Waals surface area contributed by atoms with Crippen molar-refractivity contribution < 1.29 is 23.6 Å². The predicted octanol–water partition coefficient (Wildman–Crippen LogP) is 0.893. The third-order valence-corrected chi connectivity index (χ3v) is 3.71. The lowest BCUT2D eigenvalue weighted by Gasteiger charge is -2.25. The monoisotopic (exact) mass is 290 g/mol. The molecule has 2 heterocycles. The molecule has 0 bridgehead atoms. The van der Waals surface area contributed by atoms with E-state index < -0.39 is 5.97 Å². The Labute approximate surface area is 123 Å². The Morgan fingerprint density at radius 3 is 2.86 bits per heavy atom. The molecule has 0 radical (unpaired) electrons. The predicted molar refractivity (Wildman–Crippen MR) is 77.5 cm³/mol. The van der Waals surface area contributed by atoms with Gasteiger partial charge in [0.15, 0.2) is 0 Å². The normalized spacial score (nSPS) is 17.8. The number of benzene rings is 1. The van der Waals surface area contributed by atoms with Crippen LogP contribution >= 0.6 is 0 Å². The molecule has 112 valence electrons. The second-order valence-electron chi connectivity index (χ2n) is 5.43. The molecule has 3 rings (SSSR count). The van der Waals surface area contributed by atoms with Crippen LogP contribution in [0.5, 0.6) is 0 Å². The number of ether oxygens (including phenoxy) is 2. The molecule has 1 saturated heterocycles. The highest BCUT2D eigenvalue weighted by Crippen LogP contribution is 2.19. The molecular weight excluding hydrogens is 270 g/mol. The van der Waals surface area contributed by atoms with Crippen LogP contribution in [0.1, 0.15) is 17.5 Å². The summed E-state index contributed by atoms with van der Waals surface area (Å²) in [5.41, 5.74) is 0.705. The number of quaternary nitrogens is 1. The van der Waals surface area contributed by atoms with Gasteiger partial charge >= 0.3 is 5.97 Å². The maximum absolute atomic E-state index is 12.1. The van der Waals surface area contributed by atoms with E-state index in [9.17, 15) is 4.79 Å². The van der Waals surface area contributed by atoms with Crippen molar-refractivity contribution in [3.63, 3.8) is 0 Å². The Balaban J connectivity index is 1.59. The van der Waals surface area contributed by atoms with E-state index in [1.165, 1.54) is 4.90 Å². The summed E-state index contributed by atoms with van der Waals surface area (Å²) in [6, 6.07) is 9.28. The molecule has 1 atom stereocenters. The molecule has 2 aromatic rings. The molecular formula is C16H20NO4+. The van der Waals surface area contributed by atoms with E-state index >= 15 is 0 Å². The number of morpholine rings is 1. The molecule has 0 aliphatic carbocycles. The van der Waals surface area contributed by atoms with Crippen molar-refractivity contribution >= 4 is 16.9 Å². The van der Waals surface area contributed by atoms with Gasteiger partial charge in [0.2, 0.25) is 5.76 Å². The molecule has 1 aromatic carbocycles. The molecule has 1 aromatic heterocycles. The van der Waals surface area contributed by atoms with E-state index in [-0.39, 0.29) is 11.9 Å². The minimum Gasteiger partial charge on any atom is -0.451 e. The molecule has 0 saturated carbocycles. The first kappa shape index (κ1) is 14.1. The molecule has 5 nitrogen and oxygen atoms in total. The zero-order chi connectivity index (χ0) is 14.7. The summed E-state index contributed by atoms with van der Waals surface area (Å²) in [4.78, 5) is 13.5. The highest BCUT2D eigenvalue weighted by Gasteiger charge is 2.21. The number of esters is 1. The van der Waals surface area contributed by atoms with Gasteiger partial charge in [-0.15, -0.1) is 0 Å². The van der Waals surface area contributed by atoms with Crippen LogP contribution in [0, 0.1) is 0 Å². The number of para-hydroxylation sites is 1. The zero-order valence-corrected chi connectivity index (χ0v) is 12.1. The van der Waals surface area contributed by atoms with E-state index in [1.807, 2.05) is 31.2 Å². The number of hydrogen-bond donors (Lipinski definition) is 1. The fraction of sp³-hybridized carbons (Fsp3) is 0.438. The molecule has 0 unspecified atom stereocenters. The molecule has 1 aliphatic rings. The number of fused-ring (bicyclic) bond motifs is 1. The number of carbonyl (C=O) groups excluding carboxylic acids is 1. The van der Waals surface area contributed by atoms with E-state index in [0.717, 1.165) is 38.2 Å². The largest absolute Gasteiger partial charge is 0.451 e. The SMILES string of the molecule is C[C@@H](C[NH+]1CCOCC1)OC(=O)c1cc2ccccc2o1. The fourth-order valence-electron chi connectivity index (χ4n) is 2.64. The third-order valence-electron chi connectivity index (χ3n) is 3.71. The van der Waals surface area contributed by atoms with E-state index in [2.05, 4.69) is 0 Å². The van der Waals surface area contributed by atoms with Crippen molar-refractivity contribution in [3.05, 3.63) is 36.1 Å². The van der Waals surface area contributed by atoms with Gasteiger partial charge in [0.1, 0.15) is 31.3 Å².